The fraction of sp³-hybridized carbons (Fsp3) is 0. The molecule has 0 aliphatic rings. The molecule has 4 nitrogen and oxygen atoms in total. The van der Waals surface area contributed by atoms with Crippen molar-refractivity contribution < 1.29 is 15.0 Å². The van der Waals surface area contributed by atoms with Gasteiger partial charge in [-0.05, 0) is 17.7 Å². The summed E-state index contributed by atoms with van der Waals surface area (Å²) in [5, 5.41) is 20.1. The number of aromatic carboxylic acids is 1. The molecule has 0 aliphatic carbocycles. The second-order valence-electron chi connectivity index (χ2n) is 3.65. The highest BCUT2D eigenvalue weighted by molar-refractivity contribution is 5.92. The Morgan fingerprint density at radius 1 is 1.17 bits per heavy atom. The Morgan fingerprint density at radius 3 is 2.56 bits per heavy atom. The van der Waals surface area contributed by atoms with Crippen LogP contribution in [0.3, 0.4) is 0 Å². The van der Waals surface area contributed by atoms with Gasteiger partial charge in [0, 0.05) is 6.21 Å². The number of rotatable bonds is 3. The lowest BCUT2D eigenvalue weighted by Gasteiger charge is -2.09. The Morgan fingerprint density at radius 2 is 1.89 bits per heavy atom. The van der Waals surface area contributed by atoms with Gasteiger partial charge in [0.05, 0.1) is 11.3 Å². The smallest absolute Gasteiger partial charge is 0.335 e. The van der Waals surface area contributed by atoms with Crippen molar-refractivity contribution in [3.05, 3.63) is 59.7 Å². The van der Waals surface area contributed by atoms with Crippen LogP contribution in [0.2, 0.25) is 0 Å². The van der Waals surface area contributed by atoms with E-state index >= 15 is 0 Å². The Hall–Kier alpha value is -2.62. The number of benzene rings is 2. The van der Waals surface area contributed by atoms with E-state index in [1.807, 2.05) is 30.3 Å². The maximum absolute atomic E-state index is 11.3. The second kappa shape index (κ2) is 5.14. The summed E-state index contributed by atoms with van der Waals surface area (Å²) >= 11 is 0. The lowest BCUT2D eigenvalue weighted by atomic mass is 10.2. The van der Waals surface area contributed by atoms with E-state index in [0.29, 0.717) is 5.69 Å². The summed E-state index contributed by atoms with van der Waals surface area (Å²) < 4.78 is 0. The van der Waals surface area contributed by atoms with Crippen LogP contribution in [0.15, 0.2) is 53.5 Å². The normalized spacial score (nSPS) is 10.7. The summed E-state index contributed by atoms with van der Waals surface area (Å²) in [4.78, 5) is 14.9. The predicted octanol–water partition coefficient (Wildman–Crippen LogP) is 2.21. The molecule has 2 aromatic carbocycles. The van der Waals surface area contributed by atoms with Crippen LogP contribution in [0.25, 0.3) is 0 Å². The maximum Gasteiger partial charge on any atom is 0.335 e. The summed E-state index contributed by atoms with van der Waals surface area (Å²) in [6.07, 6.45) is 1.62. The van der Waals surface area contributed by atoms with E-state index in [1.54, 1.807) is 6.21 Å². The highest BCUT2D eigenvalue weighted by Gasteiger charge is 2.04. The van der Waals surface area contributed by atoms with Crippen molar-refractivity contribution in [1.82, 2.24) is 0 Å². The molecule has 0 bridgehead atoms. The van der Waals surface area contributed by atoms with Crippen LogP contribution >= 0.6 is 0 Å². The van der Waals surface area contributed by atoms with Crippen molar-refractivity contribution in [2.45, 2.75) is 0 Å². The Kier molecular flexibility index (Phi) is 3.38. The molecule has 0 aromatic heterocycles. The highest BCUT2D eigenvalue weighted by Crippen LogP contribution is 2.21. The number of carboxylic acid groups (broad SMARTS) is 1. The van der Waals surface area contributed by atoms with E-state index < -0.39 is 11.7 Å². The standard InChI is InChI=1S/C14H11NO3/c16-13-7-6-11(8-12(13)14(17)18)15-9-10-4-2-1-3-5-10/h1-9,16H,(H,17,18)/p-1. The number of carboxylic acids is 1. The predicted molar refractivity (Wildman–Crippen MR) is 66.5 cm³/mol. The third-order valence-corrected chi connectivity index (χ3v) is 2.36. The van der Waals surface area contributed by atoms with Crippen molar-refractivity contribution >= 4 is 17.9 Å². The summed E-state index contributed by atoms with van der Waals surface area (Å²) in [7, 11) is 0. The SMILES string of the molecule is O=C(O)c1cc(N=Cc2ccccc2)ccc1[O-]. The first-order valence-electron chi connectivity index (χ1n) is 5.30. The molecular weight excluding hydrogens is 230 g/mol. The lowest BCUT2D eigenvalue weighted by Crippen LogP contribution is -2.02. The molecule has 0 radical (unpaired) electrons. The summed E-state index contributed by atoms with van der Waals surface area (Å²) in [6.45, 7) is 0. The van der Waals surface area contributed by atoms with Gasteiger partial charge < -0.3 is 10.2 Å². The first-order chi connectivity index (χ1) is 8.66. The first kappa shape index (κ1) is 11.9. The Bertz CT molecular complexity index is 591. The first-order valence-corrected chi connectivity index (χ1v) is 5.30. The third-order valence-electron chi connectivity index (χ3n) is 2.36. The molecule has 0 unspecified atom stereocenters. The van der Waals surface area contributed by atoms with Crippen LogP contribution in [0.4, 0.5) is 5.69 Å². The molecule has 0 saturated carbocycles. The van der Waals surface area contributed by atoms with Crippen LogP contribution in [0.5, 0.6) is 5.75 Å². The van der Waals surface area contributed by atoms with Crippen LogP contribution < -0.4 is 5.11 Å². The van der Waals surface area contributed by atoms with E-state index in [0.717, 1.165) is 5.56 Å². The summed E-state index contributed by atoms with van der Waals surface area (Å²) in [5.41, 5.74) is 1.08. The minimum Gasteiger partial charge on any atom is -0.872 e. The molecule has 0 fully saturated rings. The van der Waals surface area contributed by atoms with Crippen molar-refractivity contribution in [2.24, 2.45) is 4.99 Å². The van der Waals surface area contributed by atoms with Crippen LogP contribution in [-0.4, -0.2) is 17.3 Å². The van der Waals surface area contributed by atoms with Gasteiger partial charge >= 0.3 is 5.97 Å². The molecule has 0 spiro atoms. The van der Waals surface area contributed by atoms with Crippen LogP contribution in [0, 0.1) is 0 Å². The van der Waals surface area contributed by atoms with Gasteiger partial charge in [0.1, 0.15) is 0 Å². The van der Waals surface area contributed by atoms with Gasteiger partial charge in [0.2, 0.25) is 0 Å². The van der Waals surface area contributed by atoms with Gasteiger partial charge in [-0.2, -0.15) is 0 Å². The number of hydrogen-bond acceptors (Lipinski definition) is 3. The van der Waals surface area contributed by atoms with E-state index in [1.165, 1.54) is 18.2 Å². The minimum absolute atomic E-state index is 0.266. The average Bonchev–Trinajstić information content (AvgIpc) is 2.38. The topological polar surface area (TPSA) is 72.7 Å². The fourth-order valence-corrected chi connectivity index (χ4v) is 1.45. The van der Waals surface area contributed by atoms with Gasteiger partial charge in [0.15, 0.2) is 0 Å². The molecule has 0 heterocycles. The van der Waals surface area contributed by atoms with Crippen LogP contribution in [0.1, 0.15) is 15.9 Å². The van der Waals surface area contributed by atoms with E-state index in [2.05, 4.69) is 4.99 Å². The summed E-state index contributed by atoms with van der Waals surface area (Å²) in [6, 6.07) is 13.4. The lowest BCUT2D eigenvalue weighted by molar-refractivity contribution is -0.268. The zero-order chi connectivity index (χ0) is 13.0. The minimum atomic E-state index is -1.24. The highest BCUT2D eigenvalue weighted by atomic mass is 16.4. The molecule has 2 rings (SSSR count). The molecule has 0 aliphatic heterocycles. The fourth-order valence-electron chi connectivity index (χ4n) is 1.45. The van der Waals surface area contributed by atoms with Gasteiger partial charge in [-0.15, -0.1) is 0 Å². The van der Waals surface area contributed by atoms with E-state index in [4.69, 9.17) is 5.11 Å². The van der Waals surface area contributed by atoms with E-state index in [9.17, 15) is 9.90 Å². The summed E-state index contributed by atoms with van der Waals surface area (Å²) in [5.74, 6) is -1.75. The quantitative estimate of drug-likeness (QED) is 0.836. The monoisotopic (exact) mass is 240 g/mol. The number of nitrogens with zero attached hydrogens (tertiary/aromatic N) is 1. The second-order valence-corrected chi connectivity index (χ2v) is 3.65. The molecule has 90 valence electrons. The number of aliphatic imine (C=N–C) groups is 1. The zero-order valence-electron chi connectivity index (χ0n) is 9.41. The molecular formula is C14H10NO3-. The van der Waals surface area contributed by atoms with Gasteiger partial charge in [0.25, 0.3) is 0 Å². The Balaban J connectivity index is 2.28. The molecule has 4 heteroatoms. The molecule has 18 heavy (non-hydrogen) atoms. The van der Waals surface area contributed by atoms with Gasteiger partial charge in [-0.1, -0.05) is 42.1 Å². The molecule has 0 amide bonds. The van der Waals surface area contributed by atoms with Gasteiger partial charge in [-0.3, -0.25) is 4.99 Å². The van der Waals surface area contributed by atoms with Crippen molar-refractivity contribution in [2.75, 3.05) is 0 Å². The van der Waals surface area contributed by atoms with Crippen molar-refractivity contribution in [3.63, 3.8) is 0 Å². The molecule has 1 N–H and O–H groups in total. The van der Waals surface area contributed by atoms with E-state index in [-0.39, 0.29) is 5.56 Å². The average molecular weight is 240 g/mol. The zero-order valence-corrected chi connectivity index (χ0v) is 9.41. The molecule has 2 aromatic rings. The maximum atomic E-state index is 11.3. The number of hydrogen-bond donors (Lipinski definition) is 1. The van der Waals surface area contributed by atoms with Crippen molar-refractivity contribution in [1.29, 1.82) is 0 Å². The van der Waals surface area contributed by atoms with Crippen LogP contribution in [-0.2, 0) is 0 Å². The third kappa shape index (κ3) is 2.74. The molecule has 0 atom stereocenters. The Labute approximate surface area is 104 Å². The number of carbonyl (C=O) groups is 1. The molecule has 0 saturated heterocycles. The van der Waals surface area contributed by atoms with Crippen molar-refractivity contribution in [3.8, 4) is 5.75 Å². The van der Waals surface area contributed by atoms with Gasteiger partial charge in [-0.25, -0.2) is 4.79 Å². The largest absolute Gasteiger partial charge is 0.872 e.